The Morgan fingerprint density at radius 2 is 1.87 bits per heavy atom. The number of thiocarbonyl (C=S) groups is 1. The molecule has 0 aromatic heterocycles. The molecule has 2 rings (SSSR count). The number of hydrogen-bond donors (Lipinski definition) is 4. The maximum atomic E-state index is 12.8. The zero-order chi connectivity index (χ0) is 22.6. The summed E-state index contributed by atoms with van der Waals surface area (Å²) in [7, 11) is 0. The fraction of sp³-hybridized carbons (Fsp3) is 0.318. The van der Waals surface area contributed by atoms with Gasteiger partial charge in [-0.2, -0.15) is 0 Å². The summed E-state index contributed by atoms with van der Waals surface area (Å²) >= 11 is 8.66. The van der Waals surface area contributed by atoms with Crippen LogP contribution in [-0.2, 0) is 0 Å². The highest BCUT2D eigenvalue weighted by molar-refractivity contribution is 9.10. The van der Waals surface area contributed by atoms with E-state index in [1.807, 2.05) is 0 Å². The summed E-state index contributed by atoms with van der Waals surface area (Å²) in [5.41, 5.74) is 1.19. The molecule has 0 heterocycles. The number of rotatable bonds is 10. The van der Waals surface area contributed by atoms with Gasteiger partial charge in [-0.25, -0.2) is 0 Å². The van der Waals surface area contributed by atoms with E-state index in [9.17, 15) is 9.59 Å². The molecular formula is C22H26BrN3O4S. The first-order valence-electron chi connectivity index (χ1n) is 9.99. The van der Waals surface area contributed by atoms with E-state index in [0.29, 0.717) is 42.1 Å². The van der Waals surface area contributed by atoms with Crippen LogP contribution in [0.4, 0.5) is 5.69 Å². The number of unbranched alkanes of at least 4 members (excludes halogenated alkanes) is 1. The Balaban J connectivity index is 2.08. The third kappa shape index (κ3) is 7.93. The summed E-state index contributed by atoms with van der Waals surface area (Å²) < 4.78 is 6.47. The number of anilines is 1. The van der Waals surface area contributed by atoms with E-state index in [4.69, 9.17) is 22.1 Å². The topological polar surface area (TPSA) is 99.7 Å². The van der Waals surface area contributed by atoms with E-state index in [2.05, 4.69) is 38.8 Å². The number of ether oxygens (including phenoxy) is 1. The molecular weight excluding hydrogens is 482 g/mol. The predicted octanol–water partition coefficient (Wildman–Crippen LogP) is 3.87. The first-order valence-corrected chi connectivity index (χ1v) is 11.2. The summed E-state index contributed by atoms with van der Waals surface area (Å²) in [4.78, 5) is 25.2. The minimum Gasteiger partial charge on any atom is -0.493 e. The zero-order valence-corrected chi connectivity index (χ0v) is 19.6. The quantitative estimate of drug-likeness (QED) is 0.287. The van der Waals surface area contributed by atoms with E-state index in [-0.39, 0.29) is 17.6 Å². The van der Waals surface area contributed by atoms with Crippen molar-refractivity contribution in [1.82, 2.24) is 10.6 Å². The number of aliphatic hydroxyl groups is 1. The molecule has 2 aromatic rings. The van der Waals surface area contributed by atoms with Crippen LogP contribution in [0.25, 0.3) is 0 Å². The monoisotopic (exact) mass is 507 g/mol. The van der Waals surface area contributed by atoms with Gasteiger partial charge in [0.1, 0.15) is 5.75 Å². The molecule has 31 heavy (non-hydrogen) atoms. The van der Waals surface area contributed by atoms with Gasteiger partial charge in [0, 0.05) is 17.6 Å². The van der Waals surface area contributed by atoms with Gasteiger partial charge in [0.15, 0.2) is 5.11 Å². The van der Waals surface area contributed by atoms with Gasteiger partial charge in [0.2, 0.25) is 0 Å². The molecule has 0 fully saturated rings. The highest BCUT2D eigenvalue weighted by Gasteiger charge is 2.16. The molecule has 0 saturated heterocycles. The van der Waals surface area contributed by atoms with E-state index in [0.717, 1.165) is 17.3 Å². The summed E-state index contributed by atoms with van der Waals surface area (Å²) in [5, 5.41) is 17.2. The second-order valence-corrected chi connectivity index (χ2v) is 7.95. The molecule has 2 amide bonds. The number of carbonyl (C=O) groups excluding carboxylic acids is 2. The molecule has 0 spiro atoms. The van der Waals surface area contributed by atoms with Crippen LogP contribution < -0.4 is 20.7 Å². The molecule has 0 radical (unpaired) electrons. The van der Waals surface area contributed by atoms with Gasteiger partial charge in [0.05, 0.1) is 23.4 Å². The molecule has 2 aromatic carbocycles. The van der Waals surface area contributed by atoms with Crippen molar-refractivity contribution >= 4 is 50.8 Å². The summed E-state index contributed by atoms with van der Waals surface area (Å²) in [6.07, 6.45) is 2.33. The molecule has 166 valence electrons. The van der Waals surface area contributed by atoms with Crippen molar-refractivity contribution < 1.29 is 19.4 Å². The summed E-state index contributed by atoms with van der Waals surface area (Å²) in [6, 6.07) is 12.0. The Morgan fingerprint density at radius 1 is 1.10 bits per heavy atom. The van der Waals surface area contributed by atoms with E-state index >= 15 is 0 Å². The molecule has 0 aliphatic carbocycles. The first kappa shape index (κ1) is 24.8. The van der Waals surface area contributed by atoms with Crippen molar-refractivity contribution in [2.45, 2.75) is 26.2 Å². The minimum absolute atomic E-state index is 0.00393. The molecule has 4 N–H and O–H groups in total. The average Bonchev–Trinajstić information content (AvgIpc) is 2.75. The van der Waals surface area contributed by atoms with Gasteiger partial charge in [-0.1, -0.05) is 41.4 Å². The maximum absolute atomic E-state index is 12.8. The zero-order valence-electron chi connectivity index (χ0n) is 17.2. The van der Waals surface area contributed by atoms with Crippen LogP contribution in [0, 0.1) is 0 Å². The number of para-hydroxylation sites is 1. The third-order valence-electron chi connectivity index (χ3n) is 4.21. The van der Waals surface area contributed by atoms with Crippen LogP contribution >= 0.6 is 28.1 Å². The smallest absolute Gasteiger partial charge is 0.261 e. The molecule has 0 atom stereocenters. The lowest BCUT2D eigenvalue weighted by Crippen LogP contribution is -2.35. The van der Waals surface area contributed by atoms with Crippen molar-refractivity contribution in [3.8, 4) is 5.75 Å². The number of carbonyl (C=O) groups is 2. The second-order valence-electron chi connectivity index (χ2n) is 6.63. The summed E-state index contributed by atoms with van der Waals surface area (Å²) in [6.45, 7) is 2.93. The molecule has 0 unspecified atom stereocenters. The fourth-order valence-electron chi connectivity index (χ4n) is 2.62. The highest BCUT2D eigenvalue weighted by Crippen LogP contribution is 2.24. The number of hydrogen-bond acceptors (Lipinski definition) is 5. The Hall–Kier alpha value is -2.49. The molecule has 0 bridgehead atoms. The van der Waals surface area contributed by atoms with Crippen LogP contribution in [0.1, 0.15) is 46.9 Å². The number of aliphatic hydroxyl groups excluding tert-OH is 1. The minimum atomic E-state index is -0.421. The standard InChI is InChI=1S/C22H26BrN3O4S/c1-2-3-13-30-19-10-9-15(23)14-17(19)21(29)26-22(31)25-18-8-5-4-7-16(18)20(28)24-11-6-12-27/h4-5,7-10,14,27H,2-3,6,11-13H2,1H3,(H,24,28)(H2,25,26,29,31). The molecule has 0 aliphatic rings. The van der Waals surface area contributed by atoms with Crippen LogP contribution in [0.5, 0.6) is 5.75 Å². The number of nitrogens with one attached hydrogen (secondary N) is 3. The molecule has 0 saturated carbocycles. The van der Waals surface area contributed by atoms with Gasteiger partial charge < -0.3 is 20.5 Å². The number of halogens is 1. The largest absolute Gasteiger partial charge is 0.493 e. The highest BCUT2D eigenvalue weighted by atomic mass is 79.9. The number of benzene rings is 2. The SMILES string of the molecule is CCCCOc1ccc(Br)cc1C(=O)NC(=S)Nc1ccccc1C(=O)NCCCO. The lowest BCUT2D eigenvalue weighted by molar-refractivity contribution is 0.0949. The van der Waals surface area contributed by atoms with Crippen LogP contribution in [0.3, 0.4) is 0 Å². The second kappa shape index (κ2) is 13.0. The van der Waals surface area contributed by atoms with Crippen LogP contribution in [-0.4, -0.2) is 41.8 Å². The predicted molar refractivity (Wildman–Crippen MR) is 129 cm³/mol. The van der Waals surface area contributed by atoms with Crippen molar-refractivity contribution in [2.24, 2.45) is 0 Å². The number of amides is 2. The first-order chi connectivity index (χ1) is 15.0. The van der Waals surface area contributed by atoms with Gasteiger partial charge in [-0.15, -0.1) is 0 Å². The van der Waals surface area contributed by atoms with E-state index in [1.165, 1.54) is 0 Å². The Morgan fingerprint density at radius 3 is 2.61 bits per heavy atom. The lowest BCUT2D eigenvalue weighted by Gasteiger charge is -2.15. The molecule has 9 heteroatoms. The van der Waals surface area contributed by atoms with Crippen molar-refractivity contribution in [1.29, 1.82) is 0 Å². The van der Waals surface area contributed by atoms with Crippen LogP contribution in [0.2, 0.25) is 0 Å². The van der Waals surface area contributed by atoms with Gasteiger partial charge in [-0.05, 0) is 55.4 Å². The third-order valence-corrected chi connectivity index (χ3v) is 4.91. The van der Waals surface area contributed by atoms with E-state index in [1.54, 1.807) is 42.5 Å². The van der Waals surface area contributed by atoms with Crippen molar-refractivity contribution in [2.75, 3.05) is 25.1 Å². The molecule has 7 nitrogen and oxygen atoms in total. The Bertz CT molecular complexity index is 923. The van der Waals surface area contributed by atoms with Crippen molar-refractivity contribution in [3.63, 3.8) is 0 Å². The van der Waals surface area contributed by atoms with Gasteiger partial charge in [0.25, 0.3) is 11.8 Å². The Labute approximate surface area is 195 Å². The molecule has 0 aliphatic heterocycles. The lowest BCUT2D eigenvalue weighted by atomic mass is 10.1. The Kier molecular flexibility index (Phi) is 10.4. The van der Waals surface area contributed by atoms with E-state index < -0.39 is 5.91 Å². The average molecular weight is 508 g/mol. The maximum Gasteiger partial charge on any atom is 0.261 e. The van der Waals surface area contributed by atoms with Crippen molar-refractivity contribution in [3.05, 3.63) is 58.1 Å². The summed E-state index contributed by atoms with van der Waals surface area (Å²) in [5.74, 6) is -0.250. The van der Waals surface area contributed by atoms with Gasteiger partial charge in [-0.3, -0.25) is 14.9 Å². The van der Waals surface area contributed by atoms with Gasteiger partial charge >= 0.3 is 0 Å². The normalized spacial score (nSPS) is 10.3. The van der Waals surface area contributed by atoms with Crippen LogP contribution in [0.15, 0.2) is 46.9 Å². The fourth-order valence-corrected chi connectivity index (χ4v) is 3.19.